The van der Waals surface area contributed by atoms with Gasteiger partial charge in [-0.25, -0.2) is 4.98 Å². The molecular weight excluding hydrogens is 474 g/mol. The van der Waals surface area contributed by atoms with Crippen molar-refractivity contribution in [1.82, 2.24) is 19.6 Å². The minimum absolute atomic E-state index is 0.112. The van der Waals surface area contributed by atoms with Crippen LogP contribution in [0.1, 0.15) is 29.5 Å². The SMILES string of the molecule is CCc1nc2ccc(Cl)cn2c1C(=O)NCC1C=CC(N2CCN(c3ccc(OC)cc3)CC2)=CC1. The summed E-state index contributed by atoms with van der Waals surface area (Å²) in [6, 6.07) is 11.9. The van der Waals surface area contributed by atoms with E-state index in [9.17, 15) is 4.79 Å². The number of imidazole rings is 1. The van der Waals surface area contributed by atoms with Crippen molar-refractivity contribution in [2.24, 2.45) is 5.92 Å². The Balaban J connectivity index is 1.14. The van der Waals surface area contributed by atoms with E-state index in [0.29, 0.717) is 23.7 Å². The molecule has 0 bridgehead atoms. The first kappa shape index (κ1) is 24.3. The highest BCUT2D eigenvalue weighted by Gasteiger charge is 2.22. The van der Waals surface area contributed by atoms with Gasteiger partial charge in [-0.05, 0) is 61.2 Å². The van der Waals surface area contributed by atoms with Crippen molar-refractivity contribution in [3.8, 4) is 5.75 Å². The summed E-state index contributed by atoms with van der Waals surface area (Å²) in [6.07, 6.45) is 10.1. The lowest BCUT2D eigenvalue weighted by Gasteiger charge is -2.38. The second-order valence-electron chi connectivity index (χ2n) is 9.20. The van der Waals surface area contributed by atoms with Crippen molar-refractivity contribution >= 4 is 28.8 Å². The fourth-order valence-corrected chi connectivity index (χ4v) is 5.08. The number of amides is 1. The lowest BCUT2D eigenvalue weighted by Crippen LogP contribution is -2.45. The van der Waals surface area contributed by atoms with Crippen LogP contribution in [0, 0.1) is 5.92 Å². The van der Waals surface area contributed by atoms with Gasteiger partial charge in [0.05, 0.1) is 17.8 Å². The highest BCUT2D eigenvalue weighted by Crippen LogP contribution is 2.24. The minimum Gasteiger partial charge on any atom is -0.497 e. The largest absolute Gasteiger partial charge is 0.497 e. The summed E-state index contributed by atoms with van der Waals surface area (Å²) in [5.41, 5.74) is 4.60. The number of carbonyl (C=O) groups is 1. The fourth-order valence-electron chi connectivity index (χ4n) is 4.92. The lowest BCUT2D eigenvalue weighted by molar-refractivity contribution is 0.0942. The molecule has 0 spiro atoms. The Morgan fingerprint density at radius 1 is 1.11 bits per heavy atom. The normalized spacial score (nSPS) is 17.9. The molecule has 1 amide bonds. The van der Waals surface area contributed by atoms with Crippen molar-refractivity contribution in [3.05, 3.63) is 82.9 Å². The number of ether oxygens (including phenoxy) is 1. The molecule has 1 unspecified atom stereocenters. The van der Waals surface area contributed by atoms with Crippen LogP contribution < -0.4 is 15.0 Å². The number of aryl methyl sites for hydroxylation is 1. The molecular formula is C28H32ClN5O2. The number of methoxy groups -OCH3 is 1. The average Bonchev–Trinajstić information content (AvgIpc) is 3.30. The standard InChI is InChI=1S/C28H32ClN5O2/c1-3-25-27(34-19-21(29)6-13-26(34)31-25)28(35)30-18-20-4-7-22(8-5-20)32-14-16-33(17-15-32)23-9-11-24(36-2)12-10-23/h4,6-13,19-20H,3,5,14-18H2,1-2H3,(H,30,35). The molecule has 0 saturated carbocycles. The summed E-state index contributed by atoms with van der Waals surface area (Å²) in [5, 5.41) is 3.69. The summed E-state index contributed by atoms with van der Waals surface area (Å²) < 4.78 is 7.06. The Morgan fingerprint density at radius 3 is 2.53 bits per heavy atom. The van der Waals surface area contributed by atoms with Crippen molar-refractivity contribution in [3.63, 3.8) is 0 Å². The molecule has 1 fully saturated rings. The number of aromatic nitrogens is 2. The number of allylic oxidation sites excluding steroid dienone is 2. The van der Waals surface area contributed by atoms with Gasteiger partial charge in [0.15, 0.2) is 0 Å². The van der Waals surface area contributed by atoms with Crippen LogP contribution >= 0.6 is 11.6 Å². The van der Waals surface area contributed by atoms with Crippen LogP contribution in [0.3, 0.4) is 0 Å². The minimum atomic E-state index is -0.112. The van der Waals surface area contributed by atoms with Gasteiger partial charge in [-0.1, -0.05) is 30.7 Å². The molecule has 5 rings (SSSR count). The van der Waals surface area contributed by atoms with E-state index >= 15 is 0 Å². The molecule has 1 aliphatic carbocycles. The molecule has 0 radical (unpaired) electrons. The summed E-state index contributed by atoms with van der Waals surface area (Å²) in [6.45, 7) is 6.54. The average molecular weight is 506 g/mol. The van der Waals surface area contributed by atoms with Crippen LogP contribution in [0.2, 0.25) is 5.02 Å². The third-order valence-corrected chi connectivity index (χ3v) is 7.20. The van der Waals surface area contributed by atoms with E-state index in [0.717, 1.165) is 49.7 Å². The van der Waals surface area contributed by atoms with Gasteiger partial charge in [0, 0.05) is 50.3 Å². The second kappa shape index (κ2) is 10.7. The van der Waals surface area contributed by atoms with Crippen molar-refractivity contribution in [1.29, 1.82) is 0 Å². The molecule has 36 heavy (non-hydrogen) atoms. The molecule has 1 atom stereocenters. The molecule has 7 nitrogen and oxygen atoms in total. The van der Waals surface area contributed by atoms with Gasteiger partial charge in [0.25, 0.3) is 5.91 Å². The van der Waals surface area contributed by atoms with E-state index in [1.165, 1.54) is 11.4 Å². The predicted octanol–water partition coefficient (Wildman–Crippen LogP) is 4.57. The molecule has 2 aromatic heterocycles. The monoisotopic (exact) mass is 505 g/mol. The van der Waals surface area contributed by atoms with E-state index in [1.807, 2.05) is 25.1 Å². The van der Waals surface area contributed by atoms with Gasteiger partial charge in [-0.2, -0.15) is 0 Å². The number of pyridine rings is 1. The second-order valence-corrected chi connectivity index (χ2v) is 9.64. The van der Waals surface area contributed by atoms with E-state index < -0.39 is 0 Å². The zero-order chi connectivity index (χ0) is 25.1. The number of carbonyl (C=O) groups excluding carboxylic acids is 1. The lowest BCUT2D eigenvalue weighted by atomic mass is 9.98. The Bertz CT molecular complexity index is 1290. The number of hydrogen-bond donors (Lipinski definition) is 1. The summed E-state index contributed by atoms with van der Waals surface area (Å²) in [4.78, 5) is 22.5. The van der Waals surface area contributed by atoms with E-state index in [1.54, 1.807) is 23.8 Å². The number of fused-ring (bicyclic) bond motifs is 1. The highest BCUT2D eigenvalue weighted by molar-refractivity contribution is 6.30. The van der Waals surface area contributed by atoms with Crippen LogP contribution in [0.5, 0.6) is 5.75 Å². The van der Waals surface area contributed by atoms with Crippen LogP contribution in [0.15, 0.2) is 66.5 Å². The van der Waals surface area contributed by atoms with E-state index in [-0.39, 0.29) is 11.8 Å². The summed E-state index contributed by atoms with van der Waals surface area (Å²) in [5.74, 6) is 1.04. The molecule has 8 heteroatoms. The molecule has 1 aliphatic heterocycles. The molecule has 3 heterocycles. The van der Waals surface area contributed by atoms with E-state index in [4.69, 9.17) is 16.3 Å². The smallest absolute Gasteiger partial charge is 0.270 e. The zero-order valence-corrected chi connectivity index (χ0v) is 21.5. The first-order chi connectivity index (χ1) is 17.6. The van der Waals surface area contributed by atoms with Crippen molar-refractivity contribution in [2.75, 3.05) is 44.7 Å². The van der Waals surface area contributed by atoms with Gasteiger partial charge in [-0.15, -0.1) is 0 Å². The maximum absolute atomic E-state index is 13.1. The number of hydrogen-bond acceptors (Lipinski definition) is 5. The third kappa shape index (κ3) is 5.07. The number of nitrogens with one attached hydrogen (secondary N) is 1. The third-order valence-electron chi connectivity index (χ3n) is 6.98. The first-order valence-electron chi connectivity index (χ1n) is 12.5. The number of piperazine rings is 1. The maximum atomic E-state index is 13.1. The van der Waals surface area contributed by atoms with E-state index in [2.05, 4.69) is 50.5 Å². The highest BCUT2D eigenvalue weighted by atomic mass is 35.5. The predicted molar refractivity (Wildman–Crippen MR) is 144 cm³/mol. The van der Waals surface area contributed by atoms with Crippen LogP contribution in [0.25, 0.3) is 5.65 Å². The number of halogens is 1. The van der Waals surface area contributed by atoms with Crippen LogP contribution in [-0.2, 0) is 6.42 Å². The molecule has 1 aromatic carbocycles. The van der Waals surface area contributed by atoms with Gasteiger partial charge in [-0.3, -0.25) is 9.20 Å². The molecule has 2 aliphatic rings. The number of rotatable bonds is 7. The quantitative estimate of drug-likeness (QED) is 0.509. The van der Waals surface area contributed by atoms with Crippen LogP contribution in [-0.4, -0.2) is 60.0 Å². The molecule has 188 valence electrons. The molecule has 1 saturated heterocycles. The van der Waals surface area contributed by atoms with Crippen molar-refractivity contribution in [2.45, 2.75) is 19.8 Å². The van der Waals surface area contributed by atoms with Gasteiger partial charge < -0.3 is 19.9 Å². The number of benzene rings is 1. The number of anilines is 1. The zero-order valence-electron chi connectivity index (χ0n) is 20.8. The van der Waals surface area contributed by atoms with Gasteiger partial charge in [0.2, 0.25) is 0 Å². The summed E-state index contributed by atoms with van der Waals surface area (Å²) in [7, 11) is 1.69. The molecule has 1 N–H and O–H groups in total. The first-order valence-corrected chi connectivity index (χ1v) is 12.9. The Kier molecular flexibility index (Phi) is 7.18. The Labute approximate surface area is 217 Å². The summed E-state index contributed by atoms with van der Waals surface area (Å²) >= 11 is 6.17. The topological polar surface area (TPSA) is 62.1 Å². The number of nitrogens with zero attached hydrogens (tertiary/aromatic N) is 4. The van der Waals surface area contributed by atoms with Gasteiger partial charge >= 0.3 is 0 Å². The Hall–Kier alpha value is -3.45. The van der Waals surface area contributed by atoms with Crippen LogP contribution in [0.4, 0.5) is 5.69 Å². The van der Waals surface area contributed by atoms with Gasteiger partial charge in [0.1, 0.15) is 17.1 Å². The van der Waals surface area contributed by atoms with Crippen molar-refractivity contribution < 1.29 is 9.53 Å². The Morgan fingerprint density at radius 2 is 1.86 bits per heavy atom. The maximum Gasteiger partial charge on any atom is 0.270 e. The molecule has 3 aromatic rings. The fraction of sp³-hybridized carbons (Fsp3) is 0.357.